The first-order chi connectivity index (χ1) is 8.33. The lowest BCUT2D eigenvalue weighted by Gasteiger charge is -2.24. The number of anilines is 1. The van der Waals surface area contributed by atoms with Gasteiger partial charge < -0.3 is 10.6 Å². The number of hydrogen-bond acceptors (Lipinski definition) is 4. The van der Waals surface area contributed by atoms with E-state index in [0.717, 1.165) is 37.4 Å². The van der Waals surface area contributed by atoms with Crippen molar-refractivity contribution in [1.29, 1.82) is 0 Å². The molecule has 2 aromatic heterocycles. The third-order valence-electron chi connectivity index (χ3n) is 3.21. The fraction of sp³-hybridized carbons (Fsp3) is 0.500. The van der Waals surface area contributed by atoms with Crippen LogP contribution in [0.5, 0.6) is 0 Å². The molecule has 0 saturated carbocycles. The zero-order valence-corrected chi connectivity index (χ0v) is 9.98. The van der Waals surface area contributed by atoms with Gasteiger partial charge in [0, 0.05) is 6.04 Å². The summed E-state index contributed by atoms with van der Waals surface area (Å²) in [5, 5.41) is 11.2. The molecule has 2 N–H and O–H groups in total. The Bertz CT molecular complexity index is 513. The minimum Gasteiger partial charge on any atom is -0.367 e. The lowest BCUT2D eigenvalue weighted by Crippen LogP contribution is -2.35. The van der Waals surface area contributed by atoms with Gasteiger partial charge in [-0.25, -0.2) is 4.98 Å². The van der Waals surface area contributed by atoms with Gasteiger partial charge in [-0.2, -0.15) is 9.61 Å². The summed E-state index contributed by atoms with van der Waals surface area (Å²) in [6, 6.07) is 4.70. The van der Waals surface area contributed by atoms with Gasteiger partial charge in [0.25, 0.3) is 0 Å². The predicted octanol–water partition coefficient (Wildman–Crippen LogP) is 1.20. The number of rotatable bonds is 2. The van der Waals surface area contributed by atoms with Crippen molar-refractivity contribution >= 4 is 11.5 Å². The van der Waals surface area contributed by atoms with Crippen molar-refractivity contribution in [2.75, 3.05) is 18.4 Å². The maximum Gasteiger partial charge on any atom is 0.157 e. The summed E-state index contributed by atoms with van der Waals surface area (Å²) in [7, 11) is 0. The highest BCUT2D eigenvalue weighted by atomic mass is 15.3. The molecule has 3 heterocycles. The van der Waals surface area contributed by atoms with Crippen molar-refractivity contribution in [3.05, 3.63) is 24.0 Å². The molecule has 0 bridgehead atoms. The molecule has 0 unspecified atom stereocenters. The van der Waals surface area contributed by atoms with E-state index in [-0.39, 0.29) is 0 Å². The average Bonchev–Trinajstić information content (AvgIpc) is 2.78. The molecule has 5 nitrogen and oxygen atoms in total. The van der Waals surface area contributed by atoms with Gasteiger partial charge in [-0.05, 0) is 50.6 Å². The molecule has 17 heavy (non-hydrogen) atoms. The van der Waals surface area contributed by atoms with Crippen LogP contribution in [0.4, 0.5) is 5.82 Å². The van der Waals surface area contributed by atoms with Gasteiger partial charge in [0.05, 0.1) is 0 Å². The van der Waals surface area contributed by atoms with Crippen LogP contribution >= 0.6 is 0 Å². The number of pyridine rings is 1. The number of hydrogen-bond donors (Lipinski definition) is 2. The lowest BCUT2D eigenvalue weighted by atomic mass is 10.1. The monoisotopic (exact) mass is 231 g/mol. The maximum absolute atomic E-state index is 4.25. The molecule has 1 fully saturated rings. The highest BCUT2D eigenvalue weighted by Gasteiger charge is 2.14. The second-order valence-corrected chi connectivity index (χ2v) is 4.62. The molecule has 3 rings (SSSR count). The Balaban J connectivity index is 1.90. The van der Waals surface area contributed by atoms with Crippen LogP contribution in [0.2, 0.25) is 0 Å². The molecule has 90 valence electrons. The second kappa shape index (κ2) is 4.33. The third-order valence-corrected chi connectivity index (χ3v) is 3.21. The minimum absolute atomic E-state index is 0.533. The topological polar surface area (TPSA) is 54.2 Å². The van der Waals surface area contributed by atoms with Crippen molar-refractivity contribution in [3.8, 4) is 0 Å². The van der Waals surface area contributed by atoms with Crippen molar-refractivity contribution in [3.63, 3.8) is 0 Å². The molecule has 0 radical (unpaired) electrons. The molecule has 0 amide bonds. The Kier molecular flexibility index (Phi) is 2.68. The van der Waals surface area contributed by atoms with E-state index < -0.39 is 0 Å². The van der Waals surface area contributed by atoms with Crippen molar-refractivity contribution < 1.29 is 0 Å². The molecule has 0 aliphatic carbocycles. The van der Waals surface area contributed by atoms with Crippen LogP contribution in [0.15, 0.2) is 18.5 Å². The number of piperidine rings is 1. The highest BCUT2D eigenvalue weighted by molar-refractivity contribution is 5.51. The van der Waals surface area contributed by atoms with Gasteiger partial charge in [-0.3, -0.25) is 0 Å². The van der Waals surface area contributed by atoms with Crippen LogP contribution in [0, 0.1) is 6.92 Å². The van der Waals surface area contributed by atoms with E-state index in [9.17, 15) is 0 Å². The summed E-state index contributed by atoms with van der Waals surface area (Å²) in [5.74, 6) is 1.05. The highest BCUT2D eigenvalue weighted by Crippen LogP contribution is 2.16. The molecular weight excluding hydrogens is 214 g/mol. The van der Waals surface area contributed by atoms with Crippen LogP contribution in [-0.4, -0.2) is 33.7 Å². The largest absolute Gasteiger partial charge is 0.367 e. The lowest BCUT2D eigenvalue weighted by molar-refractivity contribution is 0.477. The molecule has 2 aromatic rings. The Morgan fingerprint density at radius 3 is 3.00 bits per heavy atom. The standard InChI is InChI=1S/C12H17N5/c1-9-6-11-14-8-15-17(11)12(7-9)16-10-2-4-13-5-3-10/h6-8,10,13,16H,2-5H2,1H3. The maximum atomic E-state index is 4.25. The van der Waals surface area contributed by atoms with Crippen molar-refractivity contribution in [1.82, 2.24) is 19.9 Å². The molecule has 1 saturated heterocycles. The second-order valence-electron chi connectivity index (χ2n) is 4.62. The third kappa shape index (κ3) is 2.10. The first-order valence-electron chi connectivity index (χ1n) is 6.10. The van der Waals surface area contributed by atoms with E-state index in [0.29, 0.717) is 6.04 Å². The molecule has 0 atom stereocenters. The van der Waals surface area contributed by atoms with Gasteiger partial charge in [0.15, 0.2) is 5.65 Å². The molecule has 1 aliphatic heterocycles. The van der Waals surface area contributed by atoms with Crippen molar-refractivity contribution in [2.45, 2.75) is 25.8 Å². The first kappa shape index (κ1) is 10.5. The van der Waals surface area contributed by atoms with Gasteiger partial charge in [0.2, 0.25) is 0 Å². The van der Waals surface area contributed by atoms with Gasteiger partial charge >= 0.3 is 0 Å². The minimum atomic E-state index is 0.533. The fourth-order valence-electron chi connectivity index (χ4n) is 2.33. The van der Waals surface area contributed by atoms with E-state index in [1.807, 2.05) is 10.6 Å². The zero-order chi connectivity index (χ0) is 11.7. The van der Waals surface area contributed by atoms with Crippen LogP contribution in [0.1, 0.15) is 18.4 Å². The van der Waals surface area contributed by atoms with E-state index >= 15 is 0 Å². The van der Waals surface area contributed by atoms with Crippen LogP contribution < -0.4 is 10.6 Å². The number of aryl methyl sites for hydroxylation is 1. The van der Waals surface area contributed by atoms with Gasteiger partial charge in [0.1, 0.15) is 12.1 Å². The number of nitrogens with zero attached hydrogens (tertiary/aromatic N) is 3. The summed E-state index contributed by atoms with van der Waals surface area (Å²) in [6.45, 7) is 4.26. The molecule has 1 aliphatic rings. The van der Waals surface area contributed by atoms with Crippen LogP contribution in [0.3, 0.4) is 0 Å². The Hall–Kier alpha value is -1.62. The van der Waals surface area contributed by atoms with E-state index in [1.54, 1.807) is 6.33 Å². The summed E-state index contributed by atoms with van der Waals surface area (Å²) >= 11 is 0. The quantitative estimate of drug-likeness (QED) is 0.815. The summed E-state index contributed by atoms with van der Waals surface area (Å²) in [6.07, 6.45) is 3.91. The normalized spacial score (nSPS) is 17.5. The number of nitrogens with one attached hydrogen (secondary N) is 2. The first-order valence-corrected chi connectivity index (χ1v) is 6.10. The van der Waals surface area contributed by atoms with Gasteiger partial charge in [-0.1, -0.05) is 0 Å². The van der Waals surface area contributed by atoms with Crippen LogP contribution in [-0.2, 0) is 0 Å². The SMILES string of the molecule is Cc1cc(NC2CCNCC2)n2ncnc2c1. The van der Waals surface area contributed by atoms with Gasteiger partial charge in [-0.15, -0.1) is 0 Å². The summed E-state index contributed by atoms with van der Waals surface area (Å²) in [5.41, 5.74) is 2.11. The Morgan fingerprint density at radius 2 is 2.18 bits per heavy atom. The predicted molar refractivity (Wildman–Crippen MR) is 67.2 cm³/mol. The Labute approximate surface area is 100 Å². The van der Waals surface area contributed by atoms with Crippen molar-refractivity contribution in [2.24, 2.45) is 0 Å². The average molecular weight is 231 g/mol. The molecular formula is C12H17N5. The molecule has 0 aromatic carbocycles. The number of fused-ring (bicyclic) bond motifs is 1. The molecule has 5 heteroatoms. The number of aromatic nitrogens is 3. The van der Waals surface area contributed by atoms with E-state index in [4.69, 9.17) is 0 Å². The zero-order valence-electron chi connectivity index (χ0n) is 9.98. The van der Waals surface area contributed by atoms with Crippen LogP contribution in [0.25, 0.3) is 5.65 Å². The summed E-state index contributed by atoms with van der Waals surface area (Å²) in [4.78, 5) is 4.23. The van der Waals surface area contributed by atoms with E-state index in [2.05, 4.69) is 33.7 Å². The Morgan fingerprint density at radius 1 is 1.35 bits per heavy atom. The molecule has 0 spiro atoms. The summed E-state index contributed by atoms with van der Waals surface area (Å²) < 4.78 is 1.87. The van der Waals surface area contributed by atoms with E-state index in [1.165, 1.54) is 5.56 Å². The fourth-order valence-corrected chi connectivity index (χ4v) is 2.33. The smallest absolute Gasteiger partial charge is 0.157 e.